The molecular formula is C15H29NO4. The van der Waals surface area contributed by atoms with Gasteiger partial charge in [-0.3, -0.25) is 0 Å². The van der Waals surface area contributed by atoms with Gasteiger partial charge in [-0.25, -0.2) is 4.79 Å². The molecule has 5 heteroatoms. The van der Waals surface area contributed by atoms with Crippen molar-refractivity contribution in [1.82, 2.24) is 4.90 Å². The third-order valence-electron chi connectivity index (χ3n) is 3.98. The highest BCUT2D eigenvalue weighted by Gasteiger charge is 2.33. The summed E-state index contributed by atoms with van der Waals surface area (Å²) in [5.41, 5.74) is -0.517. The van der Waals surface area contributed by atoms with Crippen LogP contribution in [0.1, 0.15) is 52.9 Å². The van der Waals surface area contributed by atoms with Crippen molar-refractivity contribution in [3.8, 4) is 0 Å². The van der Waals surface area contributed by atoms with Crippen molar-refractivity contribution in [2.24, 2.45) is 5.41 Å². The highest BCUT2D eigenvalue weighted by atomic mass is 16.6. The van der Waals surface area contributed by atoms with Gasteiger partial charge in [-0.1, -0.05) is 0 Å². The molecule has 0 radical (unpaired) electrons. The molecule has 5 nitrogen and oxygen atoms in total. The van der Waals surface area contributed by atoms with E-state index in [1.54, 1.807) is 4.90 Å². The van der Waals surface area contributed by atoms with Crippen molar-refractivity contribution >= 4 is 6.09 Å². The molecular weight excluding hydrogens is 258 g/mol. The number of carbonyl (C=O) groups excluding carboxylic acids is 1. The van der Waals surface area contributed by atoms with E-state index in [1.165, 1.54) is 0 Å². The van der Waals surface area contributed by atoms with Crippen LogP contribution in [0.5, 0.6) is 0 Å². The number of hydrogen-bond acceptors (Lipinski definition) is 4. The van der Waals surface area contributed by atoms with Crippen molar-refractivity contribution in [2.45, 2.75) is 58.5 Å². The van der Waals surface area contributed by atoms with Gasteiger partial charge in [0.1, 0.15) is 5.60 Å². The molecule has 0 bridgehead atoms. The molecule has 1 amide bonds. The molecule has 0 saturated carbocycles. The minimum absolute atomic E-state index is 0.0414. The molecule has 2 N–H and O–H groups in total. The SMILES string of the molecule is CC(C)(C)OC(=O)N1CCCC(CCO)(CCO)CC1. The molecule has 0 aliphatic carbocycles. The number of aliphatic hydroxyl groups excluding tert-OH is 2. The van der Waals surface area contributed by atoms with Crippen molar-refractivity contribution in [3.05, 3.63) is 0 Å². The predicted octanol–water partition coefficient (Wildman–Crippen LogP) is 2.16. The van der Waals surface area contributed by atoms with Gasteiger partial charge in [-0.05, 0) is 58.3 Å². The van der Waals surface area contributed by atoms with Crippen LogP contribution in [0.2, 0.25) is 0 Å². The van der Waals surface area contributed by atoms with Crippen LogP contribution < -0.4 is 0 Å². The maximum absolute atomic E-state index is 12.1. The highest BCUT2D eigenvalue weighted by molar-refractivity contribution is 5.68. The Labute approximate surface area is 121 Å². The normalized spacial score (nSPS) is 19.6. The minimum Gasteiger partial charge on any atom is -0.444 e. The first kappa shape index (κ1) is 17.2. The van der Waals surface area contributed by atoms with Crippen molar-refractivity contribution in [3.63, 3.8) is 0 Å². The summed E-state index contributed by atoms with van der Waals surface area (Å²) >= 11 is 0. The van der Waals surface area contributed by atoms with Crippen LogP contribution in [-0.2, 0) is 4.74 Å². The van der Waals surface area contributed by atoms with Crippen LogP contribution in [0, 0.1) is 5.41 Å². The summed E-state index contributed by atoms with van der Waals surface area (Å²) in [4.78, 5) is 13.8. The molecule has 118 valence electrons. The van der Waals surface area contributed by atoms with Crippen LogP contribution in [0.3, 0.4) is 0 Å². The molecule has 1 aliphatic heterocycles. The average molecular weight is 287 g/mol. The zero-order valence-electron chi connectivity index (χ0n) is 13.0. The number of aliphatic hydroxyl groups is 2. The second kappa shape index (κ2) is 7.27. The Morgan fingerprint density at radius 3 is 2.25 bits per heavy atom. The summed E-state index contributed by atoms with van der Waals surface area (Å²) in [6.07, 6.45) is 3.76. The Morgan fingerprint density at radius 1 is 1.15 bits per heavy atom. The van der Waals surface area contributed by atoms with Gasteiger partial charge in [0.25, 0.3) is 0 Å². The van der Waals surface area contributed by atoms with E-state index >= 15 is 0 Å². The quantitative estimate of drug-likeness (QED) is 0.831. The Hall–Kier alpha value is -0.810. The Kier molecular flexibility index (Phi) is 6.27. The molecule has 0 aromatic heterocycles. The van der Waals surface area contributed by atoms with Crippen LogP contribution in [0.25, 0.3) is 0 Å². The lowest BCUT2D eigenvalue weighted by Crippen LogP contribution is -2.38. The topological polar surface area (TPSA) is 70.0 Å². The Balaban J connectivity index is 2.63. The molecule has 0 aromatic rings. The number of hydrogen-bond donors (Lipinski definition) is 2. The third kappa shape index (κ3) is 5.29. The number of rotatable bonds is 4. The Morgan fingerprint density at radius 2 is 1.75 bits per heavy atom. The Bertz CT molecular complexity index is 305. The molecule has 1 heterocycles. The van der Waals surface area contributed by atoms with Gasteiger partial charge in [0, 0.05) is 26.3 Å². The van der Waals surface area contributed by atoms with Crippen LogP contribution >= 0.6 is 0 Å². The molecule has 0 aromatic carbocycles. The smallest absolute Gasteiger partial charge is 0.410 e. The highest BCUT2D eigenvalue weighted by Crippen LogP contribution is 2.38. The molecule has 1 fully saturated rings. The van der Waals surface area contributed by atoms with E-state index in [9.17, 15) is 15.0 Å². The van der Waals surface area contributed by atoms with E-state index in [1.807, 2.05) is 20.8 Å². The van der Waals surface area contributed by atoms with Crippen LogP contribution in [-0.4, -0.2) is 53.1 Å². The van der Waals surface area contributed by atoms with Gasteiger partial charge < -0.3 is 19.8 Å². The molecule has 0 unspecified atom stereocenters. The molecule has 1 rings (SSSR count). The van der Waals surface area contributed by atoms with Crippen LogP contribution in [0.15, 0.2) is 0 Å². The van der Waals surface area contributed by atoms with Crippen molar-refractivity contribution in [2.75, 3.05) is 26.3 Å². The second-order valence-corrected chi connectivity index (χ2v) is 6.77. The number of likely N-dealkylation sites (tertiary alicyclic amines) is 1. The summed E-state index contributed by atoms with van der Waals surface area (Å²) in [5.74, 6) is 0. The molecule has 20 heavy (non-hydrogen) atoms. The largest absolute Gasteiger partial charge is 0.444 e. The first-order valence-electron chi connectivity index (χ1n) is 7.52. The van der Waals surface area contributed by atoms with Gasteiger partial charge in [0.2, 0.25) is 0 Å². The second-order valence-electron chi connectivity index (χ2n) is 6.77. The number of carbonyl (C=O) groups is 1. The fraction of sp³-hybridized carbons (Fsp3) is 0.933. The van der Waals surface area contributed by atoms with E-state index in [2.05, 4.69) is 0 Å². The molecule has 1 saturated heterocycles. The van der Waals surface area contributed by atoms with E-state index in [0.717, 1.165) is 19.3 Å². The summed E-state index contributed by atoms with van der Waals surface area (Å²) < 4.78 is 5.41. The summed E-state index contributed by atoms with van der Waals surface area (Å²) in [7, 11) is 0. The molecule has 0 spiro atoms. The fourth-order valence-corrected chi connectivity index (χ4v) is 2.86. The monoisotopic (exact) mass is 287 g/mol. The van der Waals surface area contributed by atoms with Gasteiger partial charge >= 0.3 is 6.09 Å². The van der Waals surface area contributed by atoms with E-state index in [4.69, 9.17) is 4.74 Å². The maximum Gasteiger partial charge on any atom is 0.410 e. The summed E-state index contributed by atoms with van der Waals surface area (Å²) in [6.45, 7) is 7.18. The minimum atomic E-state index is -0.476. The molecule has 1 aliphatic rings. The first-order chi connectivity index (χ1) is 9.32. The maximum atomic E-state index is 12.1. The first-order valence-corrected chi connectivity index (χ1v) is 7.52. The zero-order chi connectivity index (χ0) is 15.2. The van der Waals surface area contributed by atoms with Gasteiger partial charge in [0.05, 0.1) is 0 Å². The average Bonchev–Trinajstić information content (AvgIpc) is 2.51. The van der Waals surface area contributed by atoms with Crippen molar-refractivity contribution in [1.29, 1.82) is 0 Å². The van der Waals surface area contributed by atoms with Gasteiger partial charge in [-0.15, -0.1) is 0 Å². The van der Waals surface area contributed by atoms with Crippen LogP contribution in [0.4, 0.5) is 4.79 Å². The standard InChI is InChI=1S/C15H29NO4/c1-14(2,3)20-13(19)16-9-4-5-15(6-10-16,7-11-17)8-12-18/h17-18H,4-12H2,1-3H3. The third-order valence-corrected chi connectivity index (χ3v) is 3.98. The van der Waals surface area contributed by atoms with E-state index < -0.39 is 5.60 Å². The van der Waals surface area contributed by atoms with E-state index in [-0.39, 0.29) is 24.7 Å². The number of ether oxygens (including phenoxy) is 1. The lowest BCUT2D eigenvalue weighted by molar-refractivity contribution is 0.0246. The molecule has 0 atom stereocenters. The van der Waals surface area contributed by atoms with Gasteiger partial charge in [0.15, 0.2) is 0 Å². The lowest BCUT2D eigenvalue weighted by Gasteiger charge is -2.32. The number of nitrogens with zero attached hydrogens (tertiary/aromatic N) is 1. The number of amides is 1. The van der Waals surface area contributed by atoms with Crippen molar-refractivity contribution < 1.29 is 19.7 Å². The zero-order valence-corrected chi connectivity index (χ0v) is 13.0. The fourth-order valence-electron chi connectivity index (χ4n) is 2.86. The predicted molar refractivity (Wildman–Crippen MR) is 77.5 cm³/mol. The summed E-state index contributed by atoms with van der Waals surface area (Å²) in [6, 6.07) is 0. The van der Waals surface area contributed by atoms with E-state index in [0.29, 0.717) is 25.9 Å². The van der Waals surface area contributed by atoms with Gasteiger partial charge in [-0.2, -0.15) is 0 Å². The lowest BCUT2D eigenvalue weighted by atomic mass is 9.75. The summed E-state index contributed by atoms with van der Waals surface area (Å²) in [5, 5.41) is 18.5.